The predicted octanol–water partition coefficient (Wildman–Crippen LogP) is 2.70. The van der Waals surface area contributed by atoms with Crippen LogP contribution < -0.4 is 5.32 Å². The smallest absolute Gasteiger partial charge is 0.0593 e. The standard InChI is InChI=1S/C16H28N2O/c1-4-17-16(15-10-8-7-9-11-15)14-18(5-2)12-13-19-6-3/h7-11,16-17H,4-6,12-14H2,1-3H3. The number of nitrogens with zero attached hydrogens (tertiary/aromatic N) is 1. The molecule has 19 heavy (non-hydrogen) atoms. The molecule has 0 amide bonds. The molecule has 0 heterocycles. The van der Waals surface area contributed by atoms with E-state index in [0.29, 0.717) is 6.04 Å². The van der Waals surface area contributed by atoms with E-state index in [4.69, 9.17) is 4.74 Å². The molecule has 108 valence electrons. The van der Waals surface area contributed by atoms with Gasteiger partial charge >= 0.3 is 0 Å². The summed E-state index contributed by atoms with van der Waals surface area (Å²) in [5.74, 6) is 0. The number of hydrogen-bond donors (Lipinski definition) is 1. The van der Waals surface area contributed by atoms with Gasteiger partial charge in [-0.3, -0.25) is 4.90 Å². The lowest BCUT2D eigenvalue weighted by Gasteiger charge is -2.27. The van der Waals surface area contributed by atoms with Crippen LogP contribution in [0.2, 0.25) is 0 Å². The molecule has 0 aliphatic heterocycles. The molecule has 3 heteroatoms. The first kappa shape index (κ1) is 16.2. The highest BCUT2D eigenvalue weighted by atomic mass is 16.5. The fourth-order valence-corrected chi connectivity index (χ4v) is 2.19. The van der Waals surface area contributed by atoms with Crippen LogP contribution in [0.15, 0.2) is 30.3 Å². The third-order valence-corrected chi connectivity index (χ3v) is 3.30. The van der Waals surface area contributed by atoms with Gasteiger partial charge in [0.15, 0.2) is 0 Å². The topological polar surface area (TPSA) is 24.5 Å². The van der Waals surface area contributed by atoms with Crippen molar-refractivity contribution in [3.63, 3.8) is 0 Å². The van der Waals surface area contributed by atoms with Gasteiger partial charge in [-0.1, -0.05) is 44.2 Å². The molecule has 0 spiro atoms. The van der Waals surface area contributed by atoms with Crippen molar-refractivity contribution in [2.24, 2.45) is 0 Å². The molecule has 0 aromatic heterocycles. The molecule has 3 nitrogen and oxygen atoms in total. The Hall–Kier alpha value is -0.900. The Labute approximate surface area is 118 Å². The van der Waals surface area contributed by atoms with Crippen molar-refractivity contribution in [2.75, 3.05) is 39.4 Å². The molecule has 0 bridgehead atoms. The molecule has 0 saturated carbocycles. The van der Waals surface area contributed by atoms with Crippen LogP contribution >= 0.6 is 0 Å². The van der Waals surface area contributed by atoms with Gasteiger partial charge in [-0.25, -0.2) is 0 Å². The van der Waals surface area contributed by atoms with Crippen LogP contribution in [0.25, 0.3) is 0 Å². The fourth-order valence-electron chi connectivity index (χ4n) is 2.19. The first-order valence-corrected chi connectivity index (χ1v) is 7.40. The Morgan fingerprint density at radius 3 is 2.47 bits per heavy atom. The lowest BCUT2D eigenvalue weighted by molar-refractivity contribution is 0.111. The van der Waals surface area contributed by atoms with E-state index in [-0.39, 0.29) is 0 Å². The van der Waals surface area contributed by atoms with Gasteiger partial charge in [0.2, 0.25) is 0 Å². The molecule has 0 fully saturated rings. The minimum absolute atomic E-state index is 0.396. The maximum Gasteiger partial charge on any atom is 0.0593 e. The van der Waals surface area contributed by atoms with Gasteiger partial charge in [0, 0.05) is 25.7 Å². The van der Waals surface area contributed by atoms with E-state index in [0.717, 1.165) is 39.4 Å². The van der Waals surface area contributed by atoms with E-state index in [1.54, 1.807) is 0 Å². The Kier molecular flexibility index (Phi) is 8.47. The number of likely N-dealkylation sites (N-methyl/N-ethyl adjacent to an activating group) is 2. The summed E-state index contributed by atoms with van der Waals surface area (Å²) in [7, 11) is 0. The van der Waals surface area contributed by atoms with Gasteiger partial charge in [0.25, 0.3) is 0 Å². The Balaban J connectivity index is 2.56. The molecule has 0 aliphatic carbocycles. The minimum atomic E-state index is 0.396. The maximum atomic E-state index is 5.45. The van der Waals surface area contributed by atoms with Crippen LogP contribution in [0.4, 0.5) is 0 Å². The number of nitrogens with one attached hydrogen (secondary N) is 1. The number of ether oxygens (including phenoxy) is 1. The van der Waals surface area contributed by atoms with Crippen LogP contribution in [-0.2, 0) is 4.74 Å². The molecule has 1 atom stereocenters. The van der Waals surface area contributed by atoms with Gasteiger partial charge in [0.05, 0.1) is 6.61 Å². The minimum Gasteiger partial charge on any atom is -0.380 e. The quantitative estimate of drug-likeness (QED) is 0.658. The summed E-state index contributed by atoms with van der Waals surface area (Å²) in [4.78, 5) is 2.44. The van der Waals surface area contributed by atoms with Crippen molar-refractivity contribution < 1.29 is 4.74 Å². The fraction of sp³-hybridized carbons (Fsp3) is 0.625. The van der Waals surface area contributed by atoms with E-state index in [1.165, 1.54) is 5.56 Å². The predicted molar refractivity (Wildman–Crippen MR) is 81.5 cm³/mol. The zero-order valence-electron chi connectivity index (χ0n) is 12.6. The van der Waals surface area contributed by atoms with Crippen molar-refractivity contribution in [1.82, 2.24) is 10.2 Å². The Bertz CT molecular complexity index is 316. The second-order valence-corrected chi connectivity index (χ2v) is 4.61. The van der Waals surface area contributed by atoms with Crippen molar-refractivity contribution in [3.8, 4) is 0 Å². The normalized spacial score (nSPS) is 12.8. The lowest BCUT2D eigenvalue weighted by atomic mass is 10.1. The van der Waals surface area contributed by atoms with Crippen molar-refractivity contribution >= 4 is 0 Å². The number of rotatable bonds is 10. The number of benzene rings is 1. The third kappa shape index (κ3) is 6.19. The van der Waals surface area contributed by atoms with Gasteiger partial charge < -0.3 is 10.1 Å². The molecule has 1 unspecified atom stereocenters. The highest BCUT2D eigenvalue weighted by Gasteiger charge is 2.13. The number of hydrogen-bond acceptors (Lipinski definition) is 3. The second-order valence-electron chi connectivity index (χ2n) is 4.61. The van der Waals surface area contributed by atoms with Crippen molar-refractivity contribution in [1.29, 1.82) is 0 Å². The zero-order chi connectivity index (χ0) is 13.9. The Morgan fingerprint density at radius 1 is 1.16 bits per heavy atom. The first-order valence-electron chi connectivity index (χ1n) is 7.40. The Morgan fingerprint density at radius 2 is 1.89 bits per heavy atom. The summed E-state index contributed by atoms with van der Waals surface area (Å²) in [6.45, 7) is 12.1. The summed E-state index contributed by atoms with van der Waals surface area (Å²) in [5, 5.41) is 3.57. The third-order valence-electron chi connectivity index (χ3n) is 3.30. The maximum absolute atomic E-state index is 5.45. The zero-order valence-corrected chi connectivity index (χ0v) is 12.6. The lowest BCUT2D eigenvalue weighted by Crippen LogP contribution is -2.37. The molecular formula is C16H28N2O. The molecule has 1 N–H and O–H groups in total. The van der Waals surface area contributed by atoms with Crippen LogP contribution in [0.1, 0.15) is 32.4 Å². The average molecular weight is 264 g/mol. The highest BCUT2D eigenvalue weighted by molar-refractivity contribution is 5.19. The summed E-state index contributed by atoms with van der Waals surface area (Å²) >= 11 is 0. The van der Waals surface area contributed by atoms with Gasteiger partial charge in [0.1, 0.15) is 0 Å². The first-order chi connectivity index (χ1) is 9.31. The van der Waals surface area contributed by atoms with Crippen molar-refractivity contribution in [3.05, 3.63) is 35.9 Å². The molecule has 0 saturated heterocycles. The van der Waals surface area contributed by atoms with E-state index in [9.17, 15) is 0 Å². The van der Waals surface area contributed by atoms with Gasteiger partial charge in [-0.15, -0.1) is 0 Å². The van der Waals surface area contributed by atoms with Crippen LogP contribution in [0.5, 0.6) is 0 Å². The molecule has 1 rings (SSSR count). The molecule has 1 aromatic rings. The van der Waals surface area contributed by atoms with Gasteiger partial charge in [-0.05, 0) is 25.6 Å². The molecule has 0 radical (unpaired) electrons. The summed E-state index contributed by atoms with van der Waals surface area (Å²) in [5.41, 5.74) is 1.36. The van der Waals surface area contributed by atoms with Crippen molar-refractivity contribution in [2.45, 2.75) is 26.8 Å². The van der Waals surface area contributed by atoms with E-state index < -0.39 is 0 Å². The monoisotopic (exact) mass is 264 g/mol. The van der Waals surface area contributed by atoms with Crippen LogP contribution in [-0.4, -0.2) is 44.3 Å². The van der Waals surface area contributed by atoms with E-state index >= 15 is 0 Å². The largest absolute Gasteiger partial charge is 0.380 e. The summed E-state index contributed by atoms with van der Waals surface area (Å²) < 4.78 is 5.45. The summed E-state index contributed by atoms with van der Waals surface area (Å²) in [6, 6.07) is 11.1. The molecule has 0 aliphatic rings. The SMILES string of the molecule is CCNC(CN(CC)CCOCC)c1ccccc1. The van der Waals surface area contributed by atoms with E-state index in [1.807, 2.05) is 6.92 Å². The van der Waals surface area contributed by atoms with Gasteiger partial charge in [-0.2, -0.15) is 0 Å². The molecular weight excluding hydrogens is 236 g/mol. The highest BCUT2D eigenvalue weighted by Crippen LogP contribution is 2.13. The molecule has 1 aromatic carbocycles. The van der Waals surface area contributed by atoms with Crippen LogP contribution in [0, 0.1) is 0 Å². The summed E-state index contributed by atoms with van der Waals surface area (Å²) in [6.07, 6.45) is 0. The van der Waals surface area contributed by atoms with Crippen LogP contribution in [0.3, 0.4) is 0 Å². The van der Waals surface area contributed by atoms with E-state index in [2.05, 4.69) is 54.4 Å². The second kappa shape index (κ2) is 9.96. The average Bonchev–Trinajstić information content (AvgIpc) is 2.46.